The number of aliphatic hydroxyl groups excluding tert-OH is 1. The molecule has 2 N–H and O–H groups in total. The molecule has 2 aromatic carbocycles. The van der Waals surface area contributed by atoms with Gasteiger partial charge in [0.15, 0.2) is 0 Å². The van der Waals surface area contributed by atoms with E-state index in [2.05, 4.69) is 5.32 Å². The fourth-order valence-electron chi connectivity index (χ4n) is 2.07. The van der Waals surface area contributed by atoms with Crippen LogP contribution < -0.4 is 5.32 Å². The lowest BCUT2D eigenvalue weighted by Gasteiger charge is -2.15. The van der Waals surface area contributed by atoms with Crippen molar-refractivity contribution in [2.24, 2.45) is 0 Å². The molecule has 2 aromatic rings. The Morgan fingerprint density at radius 2 is 1.96 bits per heavy atom. The molecule has 0 radical (unpaired) electrons. The molecule has 2 rings (SSSR count). The summed E-state index contributed by atoms with van der Waals surface area (Å²) in [5.74, 6) is -0.999. The third-order valence-corrected chi connectivity index (χ3v) is 3.50. The highest BCUT2D eigenvalue weighted by Gasteiger charge is 2.18. The van der Waals surface area contributed by atoms with Crippen LogP contribution in [0.3, 0.4) is 0 Å². The van der Waals surface area contributed by atoms with Crippen molar-refractivity contribution in [1.29, 1.82) is 5.26 Å². The van der Waals surface area contributed by atoms with Crippen LogP contribution in [0.15, 0.2) is 48.5 Å². The van der Waals surface area contributed by atoms with Crippen molar-refractivity contribution in [2.75, 3.05) is 0 Å². The van der Waals surface area contributed by atoms with Gasteiger partial charge in [0.2, 0.25) is 5.91 Å². The van der Waals surface area contributed by atoms with E-state index in [1.165, 1.54) is 24.3 Å². The second-order valence-corrected chi connectivity index (χ2v) is 5.39. The summed E-state index contributed by atoms with van der Waals surface area (Å²) in [6.45, 7) is 0. The Balaban J connectivity index is 2.00. The Labute approximate surface area is 138 Å². The SMILES string of the molecule is N#CC(NC(=O)CC(O)c1cccc(F)c1)c1ccc(Cl)cc1. The van der Waals surface area contributed by atoms with E-state index in [9.17, 15) is 19.6 Å². The van der Waals surface area contributed by atoms with Crippen LogP contribution in [0.2, 0.25) is 5.02 Å². The second kappa shape index (κ2) is 7.73. The van der Waals surface area contributed by atoms with Gasteiger partial charge >= 0.3 is 0 Å². The number of carbonyl (C=O) groups is 1. The zero-order chi connectivity index (χ0) is 16.8. The van der Waals surface area contributed by atoms with Gasteiger partial charge in [-0.25, -0.2) is 4.39 Å². The number of carbonyl (C=O) groups excluding carboxylic acids is 1. The standard InChI is InChI=1S/C17H14ClFN2O2/c18-13-6-4-11(5-7-13)15(10-20)21-17(23)9-16(22)12-2-1-3-14(19)8-12/h1-8,15-16,22H,9H2,(H,21,23). The maximum absolute atomic E-state index is 13.1. The lowest BCUT2D eigenvalue weighted by Crippen LogP contribution is -2.28. The number of aliphatic hydroxyl groups is 1. The predicted octanol–water partition coefficient (Wildman–Crippen LogP) is 3.28. The number of nitriles is 1. The largest absolute Gasteiger partial charge is 0.388 e. The highest BCUT2D eigenvalue weighted by Crippen LogP contribution is 2.19. The molecule has 0 aromatic heterocycles. The normalized spacial score (nSPS) is 13.0. The highest BCUT2D eigenvalue weighted by atomic mass is 35.5. The van der Waals surface area contributed by atoms with Crippen molar-refractivity contribution >= 4 is 17.5 Å². The van der Waals surface area contributed by atoms with E-state index < -0.39 is 23.9 Å². The number of nitrogens with zero attached hydrogens (tertiary/aromatic N) is 1. The minimum atomic E-state index is -1.14. The van der Waals surface area contributed by atoms with E-state index in [1.807, 2.05) is 6.07 Å². The minimum Gasteiger partial charge on any atom is -0.388 e. The summed E-state index contributed by atoms with van der Waals surface area (Å²) in [6, 6.07) is 13.0. The summed E-state index contributed by atoms with van der Waals surface area (Å²) in [4.78, 5) is 12.0. The molecular weight excluding hydrogens is 319 g/mol. The molecule has 118 valence electrons. The quantitative estimate of drug-likeness (QED) is 0.882. The van der Waals surface area contributed by atoms with Crippen LogP contribution in [0.25, 0.3) is 0 Å². The van der Waals surface area contributed by atoms with Crippen molar-refractivity contribution in [3.8, 4) is 6.07 Å². The van der Waals surface area contributed by atoms with Crippen molar-refractivity contribution in [3.63, 3.8) is 0 Å². The maximum Gasteiger partial charge on any atom is 0.224 e. The molecule has 0 saturated carbocycles. The Bertz CT molecular complexity index is 728. The molecule has 0 bridgehead atoms. The van der Waals surface area contributed by atoms with E-state index in [1.54, 1.807) is 24.3 Å². The summed E-state index contributed by atoms with van der Waals surface area (Å²) in [6.07, 6.45) is -1.41. The van der Waals surface area contributed by atoms with Gasteiger partial charge in [-0.2, -0.15) is 5.26 Å². The van der Waals surface area contributed by atoms with Gasteiger partial charge in [0.1, 0.15) is 11.9 Å². The van der Waals surface area contributed by atoms with Gasteiger partial charge in [0, 0.05) is 5.02 Å². The van der Waals surface area contributed by atoms with Gasteiger partial charge in [-0.1, -0.05) is 35.9 Å². The van der Waals surface area contributed by atoms with Crippen molar-refractivity contribution in [3.05, 3.63) is 70.5 Å². The van der Waals surface area contributed by atoms with Crippen LogP contribution >= 0.6 is 11.6 Å². The van der Waals surface area contributed by atoms with Gasteiger partial charge in [-0.3, -0.25) is 4.79 Å². The average molecular weight is 333 g/mol. The molecule has 0 fully saturated rings. The average Bonchev–Trinajstić information content (AvgIpc) is 2.53. The molecule has 0 saturated heterocycles. The number of halogens is 2. The van der Waals surface area contributed by atoms with E-state index >= 15 is 0 Å². The van der Waals surface area contributed by atoms with Gasteiger partial charge in [0.05, 0.1) is 18.6 Å². The number of amides is 1. The Morgan fingerprint density at radius 3 is 2.57 bits per heavy atom. The van der Waals surface area contributed by atoms with Gasteiger partial charge in [0.25, 0.3) is 0 Å². The highest BCUT2D eigenvalue weighted by molar-refractivity contribution is 6.30. The molecule has 0 aliphatic rings. The Morgan fingerprint density at radius 1 is 1.26 bits per heavy atom. The number of rotatable bonds is 5. The number of benzene rings is 2. The third kappa shape index (κ3) is 4.78. The minimum absolute atomic E-state index is 0.269. The number of hydrogen-bond donors (Lipinski definition) is 2. The summed E-state index contributed by atoms with van der Waals surface area (Å²) < 4.78 is 13.1. The first-order chi connectivity index (χ1) is 11.0. The molecule has 4 nitrogen and oxygen atoms in total. The zero-order valence-corrected chi connectivity index (χ0v) is 12.8. The van der Waals surface area contributed by atoms with Crippen LogP contribution in [-0.2, 0) is 4.79 Å². The molecular formula is C17H14ClFN2O2. The second-order valence-electron chi connectivity index (χ2n) is 4.96. The summed E-state index contributed by atoms with van der Waals surface area (Å²) >= 11 is 5.78. The van der Waals surface area contributed by atoms with E-state index in [0.29, 0.717) is 16.1 Å². The first kappa shape index (κ1) is 16.9. The number of nitrogens with one attached hydrogen (secondary N) is 1. The van der Waals surface area contributed by atoms with Gasteiger partial charge in [-0.05, 0) is 35.4 Å². The lowest BCUT2D eigenvalue weighted by atomic mass is 10.0. The molecule has 0 aliphatic heterocycles. The Hall–Kier alpha value is -2.42. The van der Waals surface area contributed by atoms with Crippen LogP contribution in [0.4, 0.5) is 4.39 Å². The first-order valence-electron chi connectivity index (χ1n) is 6.87. The molecule has 23 heavy (non-hydrogen) atoms. The Kier molecular flexibility index (Phi) is 5.69. The zero-order valence-electron chi connectivity index (χ0n) is 12.0. The van der Waals surface area contributed by atoms with Crippen LogP contribution in [0.1, 0.15) is 29.7 Å². The summed E-state index contributed by atoms with van der Waals surface area (Å²) in [5.41, 5.74) is 0.894. The first-order valence-corrected chi connectivity index (χ1v) is 7.25. The molecule has 2 unspecified atom stereocenters. The number of hydrogen-bond acceptors (Lipinski definition) is 3. The molecule has 1 amide bonds. The fraction of sp³-hybridized carbons (Fsp3) is 0.176. The topological polar surface area (TPSA) is 73.1 Å². The predicted molar refractivity (Wildman–Crippen MR) is 83.9 cm³/mol. The molecule has 0 spiro atoms. The fourth-order valence-corrected chi connectivity index (χ4v) is 2.20. The lowest BCUT2D eigenvalue weighted by molar-refractivity contribution is -0.123. The van der Waals surface area contributed by atoms with Crippen LogP contribution in [-0.4, -0.2) is 11.0 Å². The van der Waals surface area contributed by atoms with Crippen molar-refractivity contribution in [1.82, 2.24) is 5.32 Å². The molecule has 6 heteroatoms. The van der Waals surface area contributed by atoms with Crippen LogP contribution in [0.5, 0.6) is 0 Å². The maximum atomic E-state index is 13.1. The van der Waals surface area contributed by atoms with E-state index in [-0.39, 0.29) is 6.42 Å². The van der Waals surface area contributed by atoms with Crippen molar-refractivity contribution in [2.45, 2.75) is 18.6 Å². The molecule has 0 aliphatic carbocycles. The molecule has 2 atom stereocenters. The van der Waals surface area contributed by atoms with Gasteiger partial charge < -0.3 is 10.4 Å². The van der Waals surface area contributed by atoms with Gasteiger partial charge in [-0.15, -0.1) is 0 Å². The molecule has 0 heterocycles. The smallest absolute Gasteiger partial charge is 0.224 e. The van der Waals surface area contributed by atoms with Crippen molar-refractivity contribution < 1.29 is 14.3 Å². The summed E-state index contributed by atoms with van der Waals surface area (Å²) in [7, 11) is 0. The van der Waals surface area contributed by atoms with E-state index in [0.717, 1.165) is 0 Å². The summed E-state index contributed by atoms with van der Waals surface area (Å²) in [5, 5.41) is 22.2. The monoisotopic (exact) mass is 332 g/mol. The third-order valence-electron chi connectivity index (χ3n) is 3.25. The van der Waals surface area contributed by atoms with E-state index in [4.69, 9.17) is 11.6 Å². The van der Waals surface area contributed by atoms with Crippen LogP contribution in [0, 0.1) is 17.1 Å².